The number of benzene rings is 3. The quantitative estimate of drug-likeness (QED) is 0.332. The summed E-state index contributed by atoms with van der Waals surface area (Å²) < 4.78 is 19.2. The lowest BCUT2D eigenvalue weighted by atomic mass is 10.1. The van der Waals surface area contributed by atoms with Gasteiger partial charge in [-0.25, -0.2) is 4.39 Å². The predicted molar refractivity (Wildman–Crippen MR) is 134 cm³/mol. The van der Waals surface area contributed by atoms with Crippen LogP contribution in [0.2, 0.25) is 0 Å². The first kappa shape index (κ1) is 24.8. The summed E-state index contributed by atoms with van der Waals surface area (Å²) in [5, 5.41) is 6.91. The Morgan fingerprint density at radius 2 is 1.67 bits per heavy atom. The molecule has 3 aromatic carbocycles. The lowest BCUT2D eigenvalue weighted by Gasteiger charge is -2.16. The van der Waals surface area contributed by atoms with Crippen LogP contribution in [0.25, 0.3) is 11.5 Å². The van der Waals surface area contributed by atoms with E-state index in [0.717, 1.165) is 12.8 Å². The second kappa shape index (κ2) is 11.9. The fourth-order valence-corrected chi connectivity index (χ4v) is 3.69. The van der Waals surface area contributed by atoms with Crippen molar-refractivity contribution in [1.29, 1.82) is 0 Å². The molecule has 8 heteroatoms. The molecular weight excluding hydrogens is 459 g/mol. The van der Waals surface area contributed by atoms with Crippen molar-refractivity contribution < 1.29 is 18.5 Å². The Balaban J connectivity index is 1.26. The molecule has 0 aliphatic rings. The number of rotatable bonds is 10. The van der Waals surface area contributed by atoms with Gasteiger partial charge in [-0.3, -0.25) is 9.59 Å². The van der Waals surface area contributed by atoms with Gasteiger partial charge in [0.15, 0.2) is 5.82 Å². The zero-order valence-electron chi connectivity index (χ0n) is 20.0. The second-order valence-electron chi connectivity index (χ2n) is 8.39. The van der Waals surface area contributed by atoms with E-state index in [1.807, 2.05) is 18.2 Å². The Morgan fingerprint density at radius 1 is 0.944 bits per heavy atom. The first-order valence-corrected chi connectivity index (χ1v) is 11.8. The van der Waals surface area contributed by atoms with Gasteiger partial charge in [0.25, 0.3) is 17.7 Å². The third kappa shape index (κ3) is 6.41. The average molecular weight is 487 g/mol. The largest absolute Gasteiger partial charge is 0.352 e. The molecule has 1 N–H and O–H groups in total. The van der Waals surface area contributed by atoms with Gasteiger partial charge in [0.1, 0.15) is 5.82 Å². The van der Waals surface area contributed by atoms with E-state index < -0.39 is 11.7 Å². The highest BCUT2D eigenvalue weighted by atomic mass is 19.1. The first-order valence-electron chi connectivity index (χ1n) is 11.8. The number of amides is 2. The number of nitrogens with one attached hydrogen (secondary N) is 1. The average Bonchev–Trinajstić information content (AvgIpc) is 3.39. The van der Waals surface area contributed by atoms with E-state index in [4.69, 9.17) is 4.52 Å². The van der Waals surface area contributed by atoms with Crippen molar-refractivity contribution in [2.75, 3.05) is 20.1 Å². The summed E-state index contributed by atoms with van der Waals surface area (Å²) in [6.07, 6.45) is 2.12. The third-order valence-electron chi connectivity index (χ3n) is 5.75. The Kier molecular flexibility index (Phi) is 8.18. The van der Waals surface area contributed by atoms with Crippen molar-refractivity contribution >= 4 is 11.8 Å². The summed E-state index contributed by atoms with van der Waals surface area (Å²) in [4.78, 5) is 30.6. The molecule has 1 heterocycles. The highest BCUT2D eigenvalue weighted by molar-refractivity contribution is 5.95. The molecular formula is C28H27FN4O3. The molecule has 0 saturated carbocycles. The van der Waals surface area contributed by atoms with Gasteiger partial charge in [0.2, 0.25) is 0 Å². The number of hydrogen-bond donors (Lipinski definition) is 1. The number of aryl methyl sites for hydroxylation is 1. The molecule has 4 rings (SSSR count). The zero-order valence-corrected chi connectivity index (χ0v) is 20.0. The molecule has 0 atom stereocenters. The molecule has 7 nitrogen and oxygen atoms in total. The van der Waals surface area contributed by atoms with Crippen molar-refractivity contribution in [3.05, 3.63) is 107 Å². The fraction of sp³-hybridized carbons (Fsp3) is 0.214. The number of nitrogens with zero attached hydrogens (tertiary/aromatic N) is 3. The molecule has 0 aliphatic carbocycles. The van der Waals surface area contributed by atoms with Crippen LogP contribution in [0.1, 0.15) is 38.5 Å². The van der Waals surface area contributed by atoms with E-state index in [-0.39, 0.29) is 11.5 Å². The van der Waals surface area contributed by atoms with Gasteiger partial charge in [-0.2, -0.15) is 4.98 Å². The van der Waals surface area contributed by atoms with Crippen LogP contribution < -0.4 is 5.32 Å². The van der Waals surface area contributed by atoms with Crippen LogP contribution in [0.4, 0.5) is 4.39 Å². The van der Waals surface area contributed by atoms with Crippen molar-refractivity contribution in [1.82, 2.24) is 20.4 Å². The Bertz CT molecular complexity index is 1310. The second-order valence-corrected chi connectivity index (χ2v) is 8.39. The molecule has 0 saturated heterocycles. The van der Waals surface area contributed by atoms with E-state index in [0.29, 0.717) is 42.4 Å². The van der Waals surface area contributed by atoms with Gasteiger partial charge in [-0.05, 0) is 54.8 Å². The lowest BCUT2D eigenvalue weighted by Crippen LogP contribution is -2.29. The number of hydrogen-bond acceptors (Lipinski definition) is 5. The van der Waals surface area contributed by atoms with E-state index in [1.165, 1.54) is 22.6 Å². The topological polar surface area (TPSA) is 88.3 Å². The minimum Gasteiger partial charge on any atom is -0.352 e. The molecule has 184 valence electrons. The van der Waals surface area contributed by atoms with Gasteiger partial charge < -0.3 is 14.7 Å². The van der Waals surface area contributed by atoms with Crippen molar-refractivity contribution in [3.63, 3.8) is 0 Å². The number of likely N-dealkylation sites (N-methyl/N-ethyl adjacent to an activating group) is 1. The van der Waals surface area contributed by atoms with Crippen molar-refractivity contribution in [2.45, 2.75) is 19.3 Å². The standard InChI is InChI=1S/C28H27FN4O3/c1-33(28(35)23-11-5-6-12-24(23)29)19-17-25-31-27(36-32-25)22-15-13-21(14-16-22)26(34)30-18-7-10-20-8-3-2-4-9-20/h2-6,8-9,11-16H,7,10,17-19H2,1H3,(H,30,34). The molecule has 2 amide bonds. The maximum atomic E-state index is 13.9. The summed E-state index contributed by atoms with van der Waals surface area (Å²) in [6, 6.07) is 23.0. The molecule has 0 unspecified atom stereocenters. The minimum absolute atomic E-state index is 0.0223. The SMILES string of the molecule is CN(CCc1noc(-c2ccc(C(=O)NCCCc3ccccc3)cc2)n1)C(=O)c1ccccc1F. The monoisotopic (exact) mass is 486 g/mol. The maximum absolute atomic E-state index is 13.9. The van der Waals surface area contributed by atoms with Crippen LogP contribution in [0, 0.1) is 5.82 Å². The van der Waals surface area contributed by atoms with Crippen LogP contribution >= 0.6 is 0 Å². The third-order valence-corrected chi connectivity index (χ3v) is 5.75. The predicted octanol–water partition coefficient (Wildman–Crippen LogP) is 4.55. The molecule has 0 aliphatic heterocycles. The van der Waals surface area contributed by atoms with Crippen LogP contribution in [0.3, 0.4) is 0 Å². The van der Waals surface area contributed by atoms with E-state index in [9.17, 15) is 14.0 Å². The Labute approximate surface area is 209 Å². The van der Waals surface area contributed by atoms with Crippen molar-refractivity contribution in [2.24, 2.45) is 0 Å². The Morgan fingerprint density at radius 3 is 2.42 bits per heavy atom. The molecule has 0 fully saturated rings. The summed E-state index contributed by atoms with van der Waals surface area (Å²) in [6.45, 7) is 0.895. The van der Waals surface area contributed by atoms with E-state index in [2.05, 4.69) is 27.6 Å². The van der Waals surface area contributed by atoms with Gasteiger partial charge in [0, 0.05) is 37.7 Å². The summed E-state index contributed by atoms with van der Waals surface area (Å²) in [7, 11) is 1.60. The van der Waals surface area contributed by atoms with Gasteiger partial charge >= 0.3 is 0 Å². The van der Waals surface area contributed by atoms with Crippen LogP contribution in [0.15, 0.2) is 83.4 Å². The number of carbonyl (C=O) groups is 2. The van der Waals surface area contributed by atoms with Crippen LogP contribution in [-0.2, 0) is 12.8 Å². The normalized spacial score (nSPS) is 10.7. The summed E-state index contributed by atoms with van der Waals surface area (Å²) in [5.41, 5.74) is 2.50. The summed E-state index contributed by atoms with van der Waals surface area (Å²) >= 11 is 0. The van der Waals surface area contributed by atoms with Crippen molar-refractivity contribution in [3.8, 4) is 11.5 Å². The maximum Gasteiger partial charge on any atom is 0.257 e. The minimum atomic E-state index is -0.555. The van der Waals surface area contributed by atoms with E-state index >= 15 is 0 Å². The molecule has 4 aromatic rings. The smallest absolute Gasteiger partial charge is 0.257 e. The Hall–Kier alpha value is -4.33. The van der Waals surface area contributed by atoms with Gasteiger partial charge in [0.05, 0.1) is 5.56 Å². The fourth-order valence-electron chi connectivity index (χ4n) is 3.69. The number of aromatic nitrogens is 2. The van der Waals surface area contributed by atoms with E-state index in [1.54, 1.807) is 43.4 Å². The first-order chi connectivity index (χ1) is 17.5. The van der Waals surface area contributed by atoms with Gasteiger partial charge in [-0.1, -0.05) is 47.6 Å². The lowest BCUT2D eigenvalue weighted by molar-refractivity contribution is 0.0790. The molecule has 0 radical (unpaired) electrons. The highest BCUT2D eigenvalue weighted by Crippen LogP contribution is 2.18. The molecule has 0 bridgehead atoms. The number of carbonyl (C=O) groups excluding carboxylic acids is 2. The number of halogens is 1. The van der Waals surface area contributed by atoms with Crippen LogP contribution in [0.5, 0.6) is 0 Å². The molecule has 0 spiro atoms. The molecule has 1 aromatic heterocycles. The van der Waals surface area contributed by atoms with Crippen LogP contribution in [-0.4, -0.2) is 47.0 Å². The highest BCUT2D eigenvalue weighted by Gasteiger charge is 2.17. The zero-order chi connectivity index (χ0) is 25.3. The molecule has 36 heavy (non-hydrogen) atoms. The van der Waals surface area contributed by atoms with Gasteiger partial charge in [-0.15, -0.1) is 0 Å². The summed E-state index contributed by atoms with van der Waals surface area (Å²) in [5.74, 6) is -0.351.